The molecule has 0 fully saturated rings. The van der Waals surface area contributed by atoms with Crippen LogP contribution in [0.3, 0.4) is 0 Å². The Balaban J connectivity index is 2.64. The van der Waals surface area contributed by atoms with Gasteiger partial charge in [-0.3, -0.25) is 0 Å². The summed E-state index contributed by atoms with van der Waals surface area (Å²) in [7, 11) is 3.55. The van der Waals surface area contributed by atoms with E-state index in [1.807, 2.05) is 11.9 Å². The van der Waals surface area contributed by atoms with Gasteiger partial charge in [0, 0.05) is 20.1 Å². The number of likely N-dealkylation sites (N-methyl/N-ethyl adjacent to an activating group) is 2. The molecule has 0 spiro atoms. The number of anilines is 1. The second-order valence-corrected chi connectivity index (χ2v) is 4.16. The van der Waals surface area contributed by atoms with Gasteiger partial charge in [0.25, 0.3) is 0 Å². The van der Waals surface area contributed by atoms with Crippen LogP contribution in [0.15, 0.2) is 10.7 Å². The highest BCUT2D eigenvalue weighted by atomic mass is 79.9. The number of halogens is 1. The van der Waals surface area contributed by atoms with Gasteiger partial charge in [0.1, 0.15) is 0 Å². The zero-order valence-electron chi connectivity index (χ0n) is 9.83. The Hall–Kier alpha value is -0.880. The minimum absolute atomic E-state index is 0.556. The Bertz CT molecular complexity index is 335. The third-order valence-electron chi connectivity index (χ3n) is 2.11. The Labute approximate surface area is 104 Å². The predicted molar refractivity (Wildman–Crippen MR) is 68.1 cm³/mol. The van der Waals surface area contributed by atoms with Gasteiger partial charge in [0.05, 0.1) is 17.8 Å². The maximum Gasteiger partial charge on any atom is 0.232 e. The van der Waals surface area contributed by atoms with Crippen molar-refractivity contribution < 1.29 is 4.74 Å². The summed E-state index contributed by atoms with van der Waals surface area (Å²) in [6.07, 6.45) is 1.70. The number of rotatable bonds is 6. The first-order valence-corrected chi connectivity index (χ1v) is 5.96. The van der Waals surface area contributed by atoms with Crippen LogP contribution in [0.2, 0.25) is 0 Å². The molecule has 16 heavy (non-hydrogen) atoms. The quantitative estimate of drug-likeness (QED) is 0.800. The van der Waals surface area contributed by atoms with Gasteiger partial charge in [-0.15, -0.1) is 0 Å². The van der Waals surface area contributed by atoms with Crippen LogP contribution >= 0.6 is 15.9 Å². The highest BCUT2D eigenvalue weighted by Crippen LogP contribution is 2.22. The maximum absolute atomic E-state index is 5.12. The molecular formula is C10H17BrN4O. The zero-order valence-corrected chi connectivity index (χ0v) is 11.4. The van der Waals surface area contributed by atoms with Crippen molar-refractivity contribution in [3.8, 4) is 5.88 Å². The van der Waals surface area contributed by atoms with E-state index in [1.165, 1.54) is 0 Å². The lowest BCUT2D eigenvalue weighted by Gasteiger charge is -2.17. The molecule has 1 rings (SSSR count). The molecular weight excluding hydrogens is 272 g/mol. The van der Waals surface area contributed by atoms with Crippen LogP contribution in [0.1, 0.15) is 6.92 Å². The molecule has 5 nitrogen and oxygen atoms in total. The van der Waals surface area contributed by atoms with E-state index in [-0.39, 0.29) is 0 Å². The SMILES string of the molecule is CCNCCN(C)c1ncc(Br)c(OC)n1. The summed E-state index contributed by atoms with van der Waals surface area (Å²) in [4.78, 5) is 10.5. The molecule has 1 aromatic heterocycles. The summed E-state index contributed by atoms with van der Waals surface area (Å²) in [5, 5.41) is 3.25. The molecule has 0 aliphatic rings. The van der Waals surface area contributed by atoms with Crippen molar-refractivity contribution in [1.82, 2.24) is 15.3 Å². The van der Waals surface area contributed by atoms with Crippen molar-refractivity contribution >= 4 is 21.9 Å². The van der Waals surface area contributed by atoms with Crippen molar-refractivity contribution in [3.63, 3.8) is 0 Å². The second kappa shape index (κ2) is 6.65. The predicted octanol–water partition coefficient (Wildman–Crippen LogP) is 1.29. The molecule has 0 aliphatic heterocycles. The minimum Gasteiger partial charge on any atom is -0.480 e. The molecule has 0 amide bonds. The number of nitrogens with one attached hydrogen (secondary N) is 1. The van der Waals surface area contributed by atoms with E-state index >= 15 is 0 Å². The number of nitrogens with zero attached hydrogens (tertiary/aromatic N) is 3. The molecule has 0 aromatic carbocycles. The third-order valence-corrected chi connectivity index (χ3v) is 2.65. The van der Waals surface area contributed by atoms with E-state index in [0.29, 0.717) is 11.8 Å². The van der Waals surface area contributed by atoms with Crippen molar-refractivity contribution in [2.75, 3.05) is 38.7 Å². The summed E-state index contributed by atoms with van der Waals surface area (Å²) in [5.74, 6) is 1.22. The molecule has 0 unspecified atom stereocenters. The summed E-state index contributed by atoms with van der Waals surface area (Å²) in [5.41, 5.74) is 0. The monoisotopic (exact) mass is 288 g/mol. The zero-order chi connectivity index (χ0) is 12.0. The molecule has 0 saturated carbocycles. The van der Waals surface area contributed by atoms with E-state index in [9.17, 15) is 0 Å². The Morgan fingerprint density at radius 2 is 2.31 bits per heavy atom. The first-order chi connectivity index (χ1) is 7.69. The molecule has 0 saturated heterocycles. The van der Waals surface area contributed by atoms with Gasteiger partial charge in [0.2, 0.25) is 11.8 Å². The van der Waals surface area contributed by atoms with Crippen molar-refractivity contribution in [3.05, 3.63) is 10.7 Å². The number of hydrogen-bond donors (Lipinski definition) is 1. The Morgan fingerprint density at radius 3 is 2.94 bits per heavy atom. The van der Waals surface area contributed by atoms with E-state index < -0.39 is 0 Å². The first kappa shape index (κ1) is 13.2. The van der Waals surface area contributed by atoms with Crippen LogP contribution in [-0.2, 0) is 0 Å². The fourth-order valence-electron chi connectivity index (χ4n) is 1.19. The highest BCUT2D eigenvalue weighted by molar-refractivity contribution is 9.10. The van der Waals surface area contributed by atoms with Gasteiger partial charge < -0.3 is 15.0 Å². The molecule has 0 aliphatic carbocycles. The van der Waals surface area contributed by atoms with E-state index in [4.69, 9.17) is 4.74 Å². The van der Waals surface area contributed by atoms with Crippen LogP contribution < -0.4 is 15.0 Å². The fourth-order valence-corrected chi connectivity index (χ4v) is 1.55. The Morgan fingerprint density at radius 1 is 1.56 bits per heavy atom. The molecule has 0 atom stereocenters. The molecule has 0 radical (unpaired) electrons. The first-order valence-electron chi connectivity index (χ1n) is 5.17. The molecule has 6 heteroatoms. The van der Waals surface area contributed by atoms with Crippen molar-refractivity contribution in [2.24, 2.45) is 0 Å². The smallest absolute Gasteiger partial charge is 0.232 e. The van der Waals surface area contributed by atoms with Crippen molar-refractivity contribution in [1.29, 1.82) is 0 Å². The van der Waals surface area contributed by atoms with Crippen LogP contribution in [0.5, 0.6) is 5.88 Å². The van der Waals surface area contributed by atoms with Crippen molar-refractivity contribution in [2.45, 2.75) is 6.92 Å². The standard InChI is InChI=1S/C10H17BrN4O/c1-4-12-5-6-15(2)10-13-7-8(11)9(14-10)16-3/h7,12H,4-6H2,1-3H3. The average Bonchev–Trinajstić information content (AvgIpc) is 2.30. The number of methoxy groups -OCH3 is 1. The van der Waals surface area contributed by atoms with Gasteiger partial charge in [0.15, 0.2) is 0 Å². The number of ether oxygens (including phenoxy) is 1. The average molecular weight is 289 g/mol. The Kier molecular flexibility index (Phi) is 5.48. The molecule has 1 N–H and O–H groups in total. The van der Waals surface area contributed by atoms with Gasteiger partial charge in [-0.2, -0.15) is 4.98 Å². The van der Waals surface area contributed by atoms with Gasteiger partial charge in [-0.05, 0) is 22.5 Å². The fraction of sp³-hybridized carbons (Fsp3) is 0.600. The topological polar surface area (TPSA) is 50.3 Å². The molecule has 0 bridgehead atoms. The van der Waals surface area contributed by atoms with E-state index in [0.717, 1.165) is 24.1 Å². The molecule has 1 aromatic rings. The summed E-state index contributed by atoms with van der Waals surface area (Å²) < 4.78 is 5.88. The largest absolute Gasteiger partial charge is 0.480 e. The lowest BCUT2D eigenvalue weighted by Crippen LogP contribution is -2.30. The van der Waals surface area contributed by atoms with Crippen LogP contribution in [0.25, 0.3) is 0 Å². The van der Waals surface area contributed by atoms with Crippen LogP contribution in [0, 0.1) is 0 Å². The van der Waals surface area contributed by atoms with E-state index in [1.54, 1.807) is 13.3 Å². The lowest BCUT2D eigenvalue weighted by molar-refractivity contribution is 0.394. The third kappa shape index (κ3) is 3.61. The molecule has 90 valence electrons. The lowest BCUT2D eigenvalue weighted by atomic mass is 10.5. The van der Waals surface area contributed by atoms with Gasteiger partial charge >= 0.3 is 0 Å². The van der Waals surface area contributed by atoms with Crippen LogP contribution in [0.4, 0.5) is 5.95 Å². The van der Waals surface area contributed by atoms with Crippen LogP contribution in [-0.4, -0.2) is 43.8 Å². The minimum atomic E-state index is 0.556. The highest BCUT2D eigenvalue weighted by Gasteiger charge is 2.08. The summed E-state index contributed by atoms with van der Waals surface area (Å²) in [6, 6.07) is 0. The number of hydrogen-bond acceptors (Lipinski definition) is 5. The summed E-state index contributed by atoms with van der Waals surface area (Å²) >= 11 is 3.32. The normalized spacial score (nSPS) is 10.2. The van der Waals surface area contributed by atoms with E-state index in [2.05, 4.69) is 38.1 Å². The maximum atomic E-state index is 5.12. The molecule has 1 heterocycles. The van der Waals surface area contributed by atoms with Gasteiger partial charge in [-0.25, -0.2) is 4.98 Å². The second-order valence-electron chi connectivity index (χ2n) is 3.30. The summed E-state index contributed by atoms with van der Waals surface area (Å²) in [6.45, 7) is 4.82. The van der Waals surface area contributed by atoms with Gasteiger partial charge in [-0.1, -0.05) is 6.92 Å². The number of aromatic nitrogens is 2.